The highest BCUT2D eigenvalue weighted by Crippen LogP contribution is 2.19. The van der Waals surface area contributed by atoms with E-state index in [1.807, 2.05) is 6.07 Å². The highest BCUT2D eigenvalue weighted by Gasteiger charge is 2.15. The number of aromatic nitrogens is 2. The van der Waals surface area contributed by atoms with Crippen molar-refractivity contribution in [2.24, 2.45) is 0 Å². The van der Waals surface area contributed by atoms with Gasteiger partial charge < -0.3 is 16.4 Å². The Labute approximate surface area is 140 Å². The van der Waals surface area contributed by atoms with Crippen LogP contribution < -0.4 is 16.4 Å². The zero-order chi connectivity index (χ0) is 16.9. The van der Waals surface area contributed by atoms with E-state index in [0.717, 1.165) is 18.5 Å². The van der Waals surface area contributed by atoms with Crippen molar-refractivity contribution in [3.05, 3.63) is 36.0 Å². The number of nitrogens with one attached hydrogen (secondary N) is 2. The van der Waals surface area contributed by atoms with Crippen LogP contribution in [0.25, 0.3) is 5.69 Å². The molecule has 1 aromatic heterocycles. The molecule has 1 heterocycles. The molecule has 24 heavy (non-hydrogen) atoms. The van der Waals surface area contributed by atoms with Crippen LogP contribution in [-0.4, -0.2) is 21.9 Å². The standard InChI is InChI=1S/C17H20N6O/c18-10-12-11-20-23(16(12)19)15-8-6-14(7-9-15)22-17(24)21-13-4-2-1-3-5-13/h6-9,11,13H,1-5,19H2,(H2,21,22,24). The lowest BCUT2D eigenvalue weighted by molar-refractivity contribution is 0.244. The molecule has 0 atom stereocenters. The number of carbonyl (C=O) groups excluding carboxylic acids is 1. The molecule has 2 aromatic rings. The molecule has 1 aromatic carbocycles. The lowest BCUT2D eigenvalue weighted by Crippen LogP contribution is -2.38. The number of nitrogens with zero attached hydrogens (tertiary/aromatic N) is 3. The maximum absolute atomic E-state index is 12.0. The van der Waals surface area contributed by atoms with Crippen molar-refractivity contribution in [2.45, 2.75) is 38.1 Å². The van der Waals surface area contributed by atoms with Gasteiger partial charge >= 0.3 is 6.03 Å². The first kappa shape index (κ1) is 15.9. The van der Waals surface area contributed by atoms with Crippen molar-refractivity contribution < 1.29 is 4.79 Å². The maximum Gasteiger partial charge on any atom is 0.319 e. The SMILES string of the molecule is N#Cc1cnn(-c2ccc(NC(=O)NC3CCCCC3)cc2)c1N. The van der Waals surface area contributed by atoms with Gasteiger partial charge in [-0.15, -0.1) is 0 Å². The van der Waals surface area contributed by atoms with E-state index < -0.39 is 0 Å². The van der Waals surface area contributed by atoms with Crippen molar-refractivity contribution in [3.63, 3.8) is 0 Å². The van der Waals surface area contributed by atoms with Crippen molar-refractivity contribution in [3.8, 4) is 11.8 Å². The topological polar surface area (TPSA) is 109 Å². The van der Waals surface area contributed by atoms with Crippen LogP contribution in [-0.2, 0) is 0 Å². The Kier molecular flexibility index (Phi) is 4.66. The van der Waals surface area contributed by atoms with Crippen LogP contribution in [0.5, 0.6) is 0 Å². The molecular formula is C17H20N6O. The van der Waals surface area contributed by atoms with Gasteiger partial charge in [0.15, 0.2) is 0 Å². The minimum absolute atomic E-state index is 0.181. The molecule has 0 bridgehead atoms. The monoisotopic (exact) mass is 324 g/mol. The molecule has 124 valence electrons. The largest absolute Gasteiger partial charge is 0.382 e. The van der Waals surface area contributed by atoms with E-state index in [9.17, 15) is 4.79 Å². The second-order valence-corrected chi connectivity index (χ2v) is 5.95. The Balaban J connectivity index is 1.63. The van der Waals surface area contributed by atoms with E-state index in [1.54, 1.807) is 24.3 Å². The van der Waals surface area contributed by atoms with E-state index in [0.29, 0.717) is 17.1 Å². The molecule has 2 amide bonds. The summed E-state index contributed by atoms with van der Waals surface area (Å²) < 4.78 is 1.49. The number of hydrogen-bond donors (Lipinski definition) is 3. The minimum Gasteiger partial charge on any atom is -0.382 e. The summed E-state index contributed by atoms with van der Waals surface area (Å²) in [5.74, 6) is 0.299. The third-order valence-electron chi connectivity index (χ3n) is 4.24. The number of hydrogen-bond acceptors (Lipinski definition) is 4. The van der Waals surface area contributed by atoms with Gasteiger partial charge in [-0.3, -0.25) is 0 Å². The normalized spacial score (nSPS) is 14.8. The van der Waals surface area contributed by atoms with Gasteiger partial charge in [-0.25, -0.2) is 9.48 Å². The summed E-state index contributed by atoms with van der Waals surface area (Å²) in [5, 5.41) is 18.9. The van der Waals surface area contributed by atoms with Crippen molar-refractivity contribution in [1.82, 2.24) is 15.1 Å². The Morgan fingerprint density at radius 3 is 2.58 bits per heavy atom. The number of anilines is 2. The second-order valence-electron chi connectivity index (χ2n) is 5.95. The average Bonchev–Trinajstić information content (AvgIpc) is 2.97. The molecule has 4 N–H and O–H groups in total. The summed E-state index contributed by atoms with van der Waals surface area (Å²) in [6.07, 6.45) is 7.13. The number of carbonyl (C=O) groups is 1. The molecule has 1 saturated carbocycles. The summed E-state index contributed by atoms with van der Waals surface area (Å²) in [4.78, 5) is 12.0. The van der Waals surface area contributed by atoms with E-state index in [1.165, 1.54) is 30.1 Å². The third kappa shape index (κ3) is 3.49. The smallest absolute Gasteiger partial charge is 0.319 e. The van der Waals surface area contributed by atoms with Gasteiger partial charge in [0.1, 0.15) is 17.5 Å². The molecule has 1 aliphatic rings. The Bertz CT molecular complexity index is 752. The van der Waals surface area contributed by atoms with Crippen LogP contribution in [0.4, 0.5) is 16.3 Å². The zero-order valence-corrected chi connectivity index (χ0v) is 13.3. The van der Waals surface area contributed by atoms with Gasteiger partial charge in [0.25, 0.3) is 0 Å². The van der Waals surface area contributed by atoms with Gasteiger partial charge in [-0.05, 0) is 37.1 Å². The number of urea groups is 1. The zero-order valence-electron chi connectivity index (χ0n) is 13.3. The molecule has 0 aliphatic heterocycles. The molecular weight excluding hydrogens is 304 g/mol. The second kappa shape index (κ2) is 7.04. The van der Waals surface area contributed by atoms with Gasteiger partial charge in [0, 0.05) is 11.7 Å². The average molecular weight is 324 g/mol. The first-order valence-electron chi connectivity index (χ1n) is 8.09. The lowest BCUT2D eigenvalue weighted by Gasteiger charge is -2.22. The quantitative estimate of drug-likeness (QED) is 0.806. The van der Waals surface area contributed by atoms with Gasteiger partial charge in [0.05, 0.1) is 11.9 Å². The van der Waals surface area contributed by atoms with Crippen LogP contribution in [0.15, 0.2) is 30.5 Å². The Morgan fingerprint density at radius 2 is 1.96 bits per heavy atom. The predicted octanol–water partition coefficient (Wildman–Crippen LogP) is 2.78. The maximum atomic E-state index is 12.0. The van der Waals surface area contributed by atoms with Gasteiger partial charge in [-0.1, -0.05) is 19.3 Å². The van der Waals surface area contributed by atoms with Gasteiger partial charge in [0.2, 0.25) is 0 Å². The number of nitriles is 1. The number of nitrogens with two attached hydrogens (primary N) is 1. The molecule has 7 heteroatoms. The lowest BCUT2D eigenvalue weighted by atomic mass is 9.96. The molecule has 7 nitrogen and oxygen atoms in total. The van der Waals surface area contributed by atoms with Crippen molar-refractivity contribution >= 4 is 17.5 Å². The van der Waals surface area contributed by atoms with E-state index >= 15 is 0 Å². The number of amides is 2. The predicted molar refractivity (Wildman–Crippen MR) is 91.7 cm³/mol. The first-order chi connectivity index (χ1) is 11.7. The van der Waals surface area contributed by atoms with E-state index in [4.69, 9.17) is 11.0 Å². The van der Waals surface area contributed by atoms with Crippen molar-refractivity contribution in [1.29, 1.82) is 5.26 Å². The molecule has 1 aliphatic carbocycles. The Hall–Kier alpha value is -3.01. The summed E-state index contributed by atoms with van der Waals surface area (Å²) in [5.41, 5.74) is 7.63. The highest BCUT2D eigenvalue weighted by atomic mass is 16.2. The molecule has 0 spiro atoms. The van der Waals surface area contributed by atoms with Crippen LogP contribution >= 0.6 is 0 Å². The molecule has 0 unspecified atom stereocenters. The molecule has 1 fully saturated rings. The molecule has 0 radical (unpaired) electrons. The summed E-state index contributed by atoms with van der Waals surface area (Å²) in [6, 6.07) is 9.22. The van der Waals surface area contributed by atoms with E-state index in [-0.39, 0.29) is 12.1 Å². The van der Waals surface area contributed by atoms with Crippen LogP contribution in [0, 0.1) is 11.3 Å². The minimum atomic E-state index is -0.181. The van der Waals surface area contributed by atoms with Crippen molar-refractivity contribution in [2.75, 3.05) is 11.1 Å². The van der Waals surface area contributed by atoms with Crippen LogP contribution in [0.2, 0.25) is 0 Å². The first-order valence-corrected chi connectivity index (χ1v) is 8.09. The fourth-order valence-electron chi connectivity index (χ4n) is 2.94. The summed E-state index contributed by atoms with van der Waals surface area (Å²) >= 11 is 0. The van der Waals surface area contributed by atoms with Crippen LogP contribution in [0.1, 0.15) is 37.7 Å². The Morgan fingerprint density at radius 1 is 1.25 bits per heavy atom. The van der Waals surface area contributed by atoms with Crippen LogP contribution in [0.3, 0.4) is 0 Å². The number of rotatable bonds is 3. The summed E-state index contributed by atoms with van der Waals surface area (Å²) in [6.45, 7) is 0. The number of benzene rings is 1. The molecule has 0 saturated heterocycles. The molecule has 3 rings (SSSR count). The third-order valence-corrected chi connectivity index (χ3v) is 4.24. The van der Waals surface area contributed by atoms with E-state index in [2.05, 4.69) is 15.7 Å². The summed E-state index contributed by atoms with van der Waals surface area (Å²) in [7, 11) is 0. The fraction of sp³-hybridized carbons (Fsp3) is 0.353. The highest BCUT2D eigenvalue weighted by molar-refractivity contribution is 5.89. The number of nitrogen functional groups attached to an aromatic ring is 1. The fourth-order valence-corrected chi connectivity index (χ4v) is 2.94. The van der Waals surface area contributed by atoms with Gasteiger partial charge in [-0.2, -0.15) is 10.4 Å².